The molecule has 0 bridgehead atoms. The summed E-state index contributed by atoms with van der Waals surface area (Å²) in [5.74, 6) is -0.739. The van der Waals surface area contributed by atoms with Crippen LogP contribution in [0.2, 0.25) is 0 Å². The standard InChI is InChI=1S/C13H17F2N3O2/c1-8-6-17-9(7-16-8)10-4-5-20-18(10)12(19)13(2,3)11(14)15/h6-7,10-11H,4-5H2,1-3H3. The van der Waals surface area contributed by atoms with Crippen LogP contribution in [-0.2, 0) is 9.63 Å². The molecule has 0 saturated carbocycles. The van der Waals surface area contributed by atoms with Gasteiger partial charge in [0.05, 0.1) is 24.2 Å². The summed E-state index contributed by atoms with van der Waals surface area (Å²) in [6.45, 7) is 4.51. The van der Waals surface area contributed by atoms with Gasteiger partial charge in [0.25, 0.3) is 12.3 Å². The number of halogens is 2. The van der Waals surface area contributed by atoms with Crippen LogP contribution in [0.4, 0.5) is 8.78 Å². The number of hydrogen-bond acceptors (Lipinski definition) is 4. The zero-order valence-corrected chi connectivity index (χ0v) is 11.6. The fraction of sp³-hybridized carbons (Fsp3) is 0.615. The molecule has 1 unspecified atom stereocenters. The van der Waals surface area contributed by atoms with Crippen LogP contribution in [0.3, 0.4) is 0 Å². The van der Waals surface area contributed by atoms with Crippen molar-refractivity contribution in [3.8, 4) is 0 Å². The molecule has 20 heavy (non-hydrogen) atoms. The molecule has 1 aromatic heterocycles. The van der Waals surface area contributed by atoms with Crippen LogP contribution >= 0.6 is 0 Å². The SMILES string of the molecule is Cc1cnc(C2CCON2C(=O)C(C)(C)C(F)F)cn1. The van der Waals surface area contributed by atoms with Crippen molar-refractivity contribution in [1.82, 2.24) is 15.0 Å². The Kier molecular flexibility index (Phi) is 3.99. The Bertz CT molecular complexity index is 491. The molecule has 0 aromatic carbocycles. The Morgan fingerprint density at radius 2 is 2.15 bits per heavy atom. The van der Waals surface area contributed by atoms with Crippen molar-refractivity contribution in [3.63, 3.8) is 0 Å². The number of alkyl halides is 2. The summed E-state index contributed by atoms with van der Waals surface area (Å²) >= 11 is 0. The third-order valence-corrected chi connectivity index (χ3v) is 3.34. The number of carbonyl (C=O) groups is 1. The minimum absolute atomic E-state index is 0.297. The second kappa shape index (κ2) is 5.40. The molecule has 0 aliphatic carbocycles. The summed E-state index contributed by atoms with van der Waals surface area (Å²) in [6, 6.07) is -0.464. The van der Waals surface area contributed by atoms with Gasteiger partial charge >= 0.3 is 0 Å². The molecule has 2 heterocycles. The quantitative estimate of drug-likeness (QED) is 0.855. The fourth-order valence-corrected chi connectivity index (χ4v) is 1.89. The van der Waals surface area contributed by atoms with E-state index < -0.39 is 23.8 Å². The third kappa shape index (κ3) is 2.63. The largest absolute Gasteiger partial charge is 0.272 e. The van der Waals surface area contributed by atoms with Crippen molar-refractivity contribution in [3.05, 3.63) is 23.8 Å². The van der Waals surface area contributed by atoms with Crippen molar-refractivity contribution in [1.29, 1.82) is 0 Å². The van der Waals surface area contributed by atoms with Crippen LogP contribution in [0.1, 0.15) is 37.7 Å². The van der Waals surface area contributed by atoms with Gasteiger partial charge in [-0.2, -0.15) is 0 Å². The van der Waals surface area contributed by atoms with E-state index in [9.17, 15) is 13.6 Å². The van der Waals surface area contributed by atoms with E-state index in [-0.39, 0.29) is 0 Å². The number of amides is 1. The predicted molar refractivity (Wildman–Crippen MR) is 66.7 cm³/mol. The van der Waals surface area contributed by atoms with Gasteiger partial charge in [0.1, 0.15) is 11.5 Å². The average molecular weight is 285 g/mol. The van der Waals surface area contributed by atoms with Crippen LogP contribution in [0, 0.1) is 12.3 Å². The normalized spacial score (nSPS) is 19.7. The van der Waals surface area contributed by atoms with E-state index in [0.29, 0.717) is 18.7 Å². The minimum Gasteiger partial charge on any atom is -0.272 e. The van der Waals surface area contributed by atoms with Crippen LogP contribution in [0.5, 0.6) is 0 Å². The first-order valence-corrected chi connectivity index (χ1v) is 6.37. The maximum Gasteiger partial charge on any atom is 0.258 e. The average Bonchev–Trinajstić information content (AvgIpc) is 2.87. The number of nitrogens with zero attached hydrogens (tertiary/aromatic N) is 3. The van der Waals surface area contributed by atoms with Crippen molar-refractivity contribution in [2.45, 2.75) is 39.7 Å². The summed E-state index contributed by atoms with van der Waals surface area (Å²) in [4.78, 5) is 25.8. The first-order valence-electron chi connectivity index (χ1n) is 6.37. The molecule has 1 amide bonds. The Balaban J connectivity index is 2.23. The predicted octanol–water partition coefficient (Wildman–Crippen LogP) is 2.28. The van der Waals surface area contributed by atoms with Gasteiger partial charge in [-0.05, 0) is 20.8 Å². The summed E-state index contributed by atoms with van der Waals surface area (Å²) in [7, 11) is 0. The topological polar surface area (TPSA) is 55.3 Å². The lowest BCUT2D eigenvalue weighted by molar-refractivity contribution is -0.194. The molecule has 1 fully saturated rings. The van der Waals surface area contributed by atoms with Crippen LogP contribution < -0.4 is 0 Å². The summed E-state index contributed by atoms with van der Waals surface area (Å²) in [5.41, 5.74) is -0.495. The summed E-state index contributed by atoms with van der Waals surface area (Å²) < 4.78 is 25.9. The molecule has 1 aliphatic heterocycles. The van der Waals surface area contributed by atoms with Crippen LogP contribution in [-0.4, -0.2) is 34.0 Å². The van der Waals surface area contributed by atoms with E-state index in [1.165, 1.54) is 13.8 Å². The van der Waals surface area contributed by atoms with E-state index in [2.05, 4.69) is 9.97 Å². The Labute approximate surface area is 115 Å². The lowest BCUT2D eigenvalue weighted by Gasteiger charge is -2.30. The smallest absolute Gasteiger partial charge is 0.258 e. The van der Waals surface area contributed by atoms with E-state index in [0.717, 1.165) is 10.8 Å². The third-order valence-electron chi connectivity index (χ3n) is 3.34. The molecule has 1 atom stereocenters. The van der Waals surface area contributed by atoms with Gasteiger partial charge in [0, 0.05) is 12.6 Å². The highest BCUT2D eigenvalue weighted by atomic mass is 19.3. The van der Waals surface area contributed by atoms with Crippen molar-refractivity contribution in [2.24, 2.45) is 5.41 Å². The molecular weight excluding hydrogens is 268 g/mol. The number of hydrogen-bond donors (Lipinski definition) is 0. The van der Waals surface area contributed by atoms with Gasteiger partial charge in [0.2, 0.25) is 0 Å². The highest BCUT2D eigenvalue weighted by Gasteiger charge is 2.45. The molecule has 0 spiro atoms. The van der Waals surface area contributed by atoms with Gasteiger partial charge in [-0.15, -0.1) is 0 Å². The summed E-state index contributed by atoms with van der Waals surface area (Å²) in [6.07, 6.45) is 0.880. The molecule has 0 N–H and O–H groups in total. The monoisotopic (exact) mass is 285 g/mol. The Morgan fingerprint density at radius 1 is 1.45 bits per heavy atom. The lowest BCUT2D eigenvalue weighted by Crippen LogP contribution is -2.43. The van der Waals surface area contributed by atoms with E-state index in [1.807, 2.05) is 0 Å². The summed E-state index contributed by atoms with van der Waals surface area (Å²) in [5, 5.41) is 1.02. The molecule has 5 nitrogen and oxygen atoms in total. The fourth-order valence-electron chi connectivity index (χ4n) is 1.89. The lowest BCUT2D eigenvalue weighted by atomic mass is 9.92. The first kappa shape index (κ1) is 14.8. The van der Waals surface area contributed by atoms with Crippen LogP contribution in [0.25, 0.3) is 0 Å². The van der Waals surface area contributed by atoms with E-state index in [4.69, 9.17) is 4.84 Å². The Hall–Kier alpha value is -1.63. The number of rotatable bonds is 3. The Morgan fingerprint density at radius 3 is 2.70 bits per heavy atom. The zero-order valence-electron chi connectivity index (χ0n) is 11.6. The maximum atomic E-state index is 13.0. The van der Waals surface area contributed by atoms with Gasteiger partial charge in [-0.1, -0.05) is 0 Å². The van der Waals surface area contributed by atoms with Gasteiger partial charge in [-0.3, -0.25) is 19.6 Å². The molecule has 1 aliphatic rings. The highest BCUT2D eigenvalue weighted by molar-refractivity contribution is 5.82. The second-order valence-electron chi connectivity index (χ2n) is 5.37. The van der Waals surface area contributed by atoms with E-state index >= 15 is 0 Å². The van der Waals surface area contributed by atoms with Gasteiger partial charge < -0.3 is 0 Å². The van der Waals surface area contributed by atoms with E-state index in [1.54, 1.807) is 19.3 Å². The van der Waals surface area contributed by atoms with Crippen molar-refractivity contribution >= 4 is 5.91 Å². The number of aryl methyl sites for hydroxylation is 1. The number of hydroxylamine groups is 2. The molecule has 1 aromatic rings. The zero-order chi connectivity index (χ0) is 14.9. The van der Waals surface area contributed by atoms with Gasteiger partial charge in [-0.25, -0.2) is 13.8 Å². The van der Waals surface area contributed by atoms with Crippen molar-refractivity contribution < 1.29 is 18.4 Å². The minimum atomic E-state index is -2.76. The number of aromatic nitrogens is 2. The molecule has 7 heteroatoms. The van der Waals surface area contributed by atoms with Crippen LogP contribution in [0.15, 0.2) is 12.4 Å². The number of carbonyl (C=O) groups excluding carboxylic acids is 1. The molecule has 1 saturated heterocycles. The first-order chi connectivity index (χ1) is 9.34. The highest BCUT2D eigenvalue weighted by Crippen LogP contribution is 2.35. The second-order valence-corrected chi connectivity index (χ2v) is 5.37. The molecule has 2 rings (SSSR count). The molecule has 110 valence electrons. The molecular formula is C13H17F2N3O2. The van der Waals surface area contributed by atoms with Crippen molar-refractivity contribution in [2.75, 3.05) is 6.61 Å². The maximum absolute atomic E-state index is 13.0. The van der Waals surface area contributed by atoms with Gasteiger partial charge in [0.15, 0.2) is 0 Å². The molecule has 0 radical (unpaired) electrons.